The zero-order valence-electron chi connectivity index (χ0n) is 37.3. The molecular formula is C46H90NO8P. The van der Waals surface area contributed by atoms with Gasteiger partial charge in [-0.15, -0.1) is 0 Å². The van der Waals surface area contributed by atoms with Crippen molar-refractivity contribution in [3.05, 3.63) is 12.2 Å². The fourth-order valence-corrected chi connectivity index (χ4v) is 7.32. The Morgan fingerprint density at radius 2 is 0.911 bits per heavy atom. The summed E-state index contributed by atoms with van der Waals surface area (Å²) in [6.45, 7) is 4.25. The van der Waals surface area contributed by atoms with Crippen LogP contribution in [0.15, 0.2) is 12.2 Å². The van der Waals surface area contributed by atoms with Gasteiger partial charge >= 0.3 is 11.9 Å². The predicted octanol–water partition coefficient (Wildman–Crippen LogP) is 12.7. The summed E-state index contributed by atoms with van der Waals surface area (Å²) < 4.78 is 33.9. The van der Waals surface area contributed by atoms with Crippen LogP contribution in [0, 0.1) is 0 Å². The monoisotopic (exact) mass is 816 g/mol. The molecule has 0 amide bonds. The van der Waals surface area contributed by atoms with Crippen molar-refractivity contribution in [2.75, 3.05) is 47.5 Å². The van der Waals surface area contributed by atoms with Gasteiger partial charge < -0.3 is 27.9 Å². The third kappa shape index (κ3) is 42.4. The van der Waals surface area contributed by atoms with E-state index in [2.05, 4.69) is 26.0 Å². The summed E-state index contributed by atoms with van der Waals surface area (Å²) in [6, 6.07) is 0. The summed E-state index contributed by atoms with van der Waals surface area (Å²) in [4.78, 5) is 37.6. The smallest absolute Gasteiger partial charge is 0.306 e. The highest BCUT2D eigenvalue weighted by atomic mass is 31.2. The largest absolute Gasteiger partial charge is 0.756 e. The molecule has 0 aliphatic rings. The van der Waals surface area contributed by atoms with Gasteiger partial charge in [0.1, 0.15) is 19.8 Å². The summed E-state index contributed by atoms with van der Waals surface area (Å²) in [5, 5.41) is 0. The first kappa shape index (κ1) is 54.8. The molecule has 0 saturated carbocycles. The molecule has 0 fully saturated rings. The average molecular weight is 816 g/mol. The van der Waals surface area contributed by atoms with E-state index in [9.17, 15) is 19.0 Å². The van der Waals surface area contributed by atoms with Gasteiger partial charge in [-0.3, -0.25) is 14.2 Å². The van der Waals surface area contributed by atoms with Gasteiger partial charge in [-0.25, -0.2) is 0 Å². The molecule has 0 aromatic carbocycles. The topological polar surface area (TPSA) is 111 Å². The Kier molecular flexibility index (Phi) is 38.3. The number of esters is 2. The van der Waals surface area contributed by atoms with Crippen molar-refractivity contribution in [2.24, 2.45) is 0 Å². The fraction of sp³-hybridized carbons (Fsp3) is 0.913. The van der Waals surface area contributed by atoms with Crippen molar-refractivity contribution >= 4 is 19.8 Å². The quantitative estimate of drug-likeness (QED) is 0.0197. The van der Waals surface area contributed by atoms with Crippen LogP contribution in [0.4, 0.5) is 0 Å². The highest BCUT2D eigenvalue weighted by molar-refractivity contribution is 7.45. The van der Waals surface area contributed by atoms with Crippen molar-refractivity contribution in [2.45, 2.75) is 225 Å². The van der Waals surface area contributed by atoms with Crippen molar-refractivity contribution in [3.63, 3.8) is 0 Å². The summed E-state index contributed by atoms with van der Waals surface area (Å²) in [6.07, 6.45) is 40.9. The third-order valence-corrected chi connectivity index (χ3v) is 11.2. The van der Waals surface area contributed by atoms with E-state index < -0.39 is 26.5 Å². The summed E-state index contributed by atoms with van der Waals surface area (Å²) in [5.74, 6) is -0.826. The maximum atomic E-state index is 12.7. The second kappa shape index (κ2) is 39.2. The summed E-state index contributed by atoms with van der Waals surface area (Å²) >= 11 is 0. The molecule has 0 aromatic heterocycles. The number of quaternary nitrogens is 1. The first-order chi connectivity index (χ1) is 27.0. The Balaban J connectivity index is 4.26. The maximum absolute atomic E-state index is 12.7. The molecule has 0 aliphatic heterocycles. The molecule has 9 nitrogen and oxygen atoms in total. The zero-order valence-corrected chi connectivity index (χ0v) is 38.2. The van der Waals surface area contributed by atoms with Crippen molar-refractivity contribution in [1.82, 2.24) is 0 Å². The molecule has 0 aliphatic carbocycles. The van der Waals surface area contributed by atoms with Crippen molar-refractivity contribution in [3.8, 4) is 0 Å². The number of phosphoric ester groups is 1. The molecule has 1 unspecified atom stereocenters. The minimum atomic E-state index is -4.62. The minimum Gasteiger partial charge on any atom is -0.756 e. The van der Waals surface area contributed by atoms with Gasteiger partial charge in [-0.2, -0.15) is 0 Å². The molecule has 2 atom stereocenters. The molecule has 0 saturated heterocycles. The van der Waals surface area contributed by atoms with E-state index in [4.69, 9.17) is 18.5 Å². The highest BCUT2D eigenvalue weighted by Crippen LogP contribution is 2.38. The molecule has 10 heteroatoms. The number of likely N-dealkylation sites (N-methyl/N-ethyl adjacent to an activating group) is 1. The highest BCUT2D eigenvalue weighted by Gasteiger charge is 2.21. The first-order valence-electron chi connectivity index (χ1n) is 23.4. The van der Waals surface area contributed by atoms with Crippen molar-refractivity contribution < 1.29 is 42.1 Å². The molecule has 0 rings (SSSR count). The van der Waals surface area contributed by atoms with Crippen LogP contribution >= 0.6 is 7.82 Å². The fourth-order valence-electron chi connectivity index (χ4n) is 6.59. The molecule has 0 radical (unpaired) electrons. The van der Waals surface area contributed by atoms with Crippen LogP contribution in [0.2, 0.25) is 0 Å². The minimum absolute atomic E-state index is 0.0278. The second-order valence-corrected chi connectivity index (χ2v) is 18.5. The van der Waals surface area contributed by atoms with Crippen LogP contribution in [-0.4, -0.2) is 70.0 Å². The van der Waals surface area contributed by atoms with Crippen LogP contribution in [0.1, 0.15) is 219 Å². The molecule has 0 N–H and O–H groups in total. The molecule has 56 heavy (non-hydrogen) atoms. The van der Waals surface area contributed by atoms with Gasteiger partial charge in [-0.05, 0) is 38.5 Å². The number of rotatable bonds is 43. The third-order valence-electron chi connectivity index (χ3n) is 10.3. The number of hydrogen-bond acceptors (Lipinski definition) is 8. The average Bonchev–Trinajstić information content (AvgIpc) is 3.15. The van der Waals surface area contributed by atoms with E-state index in [1.165, 1.54) is 154 Å². The number of carbonyl (C=O) groups excluding carboxylic acids is 2. The Morgan fingerprint density at radius 1 is 0.536 bits per heavy atom. The molecule has 0 aromatic rings. The summed E-state index contributed by atoms with van der Waals surface area (Å²) in [7, 11) is 1.18. The summed E-state index contributed by atoms with van der Waals surface area (Å²) in [5.41, 5.74) is 0. The van der Waals surface area contributed by atoms with Gasteiger partial charge in [0.25, 0.3) is 7.82 Å². The molecular weight excluding hydrogens is 725 g/mol. The Labute approximate surface area is 346 Å². The van der Waals surface area contributed by atoms with Crippen LogP contribution in [0.3, 0.4) is 0 Å². The Bertz CT molecular complexity index is 969. The lowest BCUT2D eigenvalue weighted by molar-refractivity contribution is -0.870. The van der Waals surface area contributed by atoms with Gasteiger partial charge in [0.15, 0.2) is 6.10 Å². The van der Waals surface area contributed by atoms with Crippen LogP contribution < -0.4 is 4.89 Å². The number of hydrogen-bond donors (Lipinski definition) is 0. The normalized spacial score (nSPS) is 13.6. The van der Waals surface area contributed by atoms with E-state index in [1.807, 2.05) is 21.1 Å². The molecule has 0 heterocycles. The lowest BCUT2D eigenvalue weighted by atomic mass is 10.0. The number of allylic oxidation sites excluding steroid dienone is 2. The first-order valence-corrected chi connectivity index (χ1v) is 24.9. The van der Waals surface area contributed by atoms with Gasteiger partial charge in [0.05, 0.1) is 27.7 Å². The van der Waals surface area contributed by atoms with E-state index in [0.717, 1.165) is 32.1 Å². The van der Waals surface area contributed by atoms with Crippen LogP contribution in [0.5, 0.6) is 0 Å². The zero-order chi connectivity index (χ0) is 41.4. The lowest BCUT2D eigenvalue weighted by Gasteiger charge is -2.28. The standard InChI is InChI=1S/C46H90NO8P/c1-6-8-10-12-14-16-18-20-21-22-23-24-25-27-28-30-32-34-36-38-45(48)52-42-44(43-54-56(50,51)53-41-40-47(3,4)5)55-46(49)39-37-35-33-31-29-26-19-17-15-13-11-9-7-2/h20-21,44H,6-19,22-43H2,1-5H3/b21-20+/t44-/m0/s1. The number of ether oxygens (including phenoxy) is 2. The van der Waals surface area contributed by atoms with E-state index in [1.54, 1.807) is 0 Å². The SMILES string of the molecule is CCCCCCCC/C=C/CCCCCCCCCCCC(=O)OC[C@@H](COP(=O)([O-])OCC[N+](C)(C)C)OC(=O)CCCCCCCCCCCCCCC. The van der Waals surface area contributed by atoms with E-state index in [-0.39, 0.29) is 32.0 Å². The second-order valence-electron chi connectivity index (χ2n) is 17.1. The van der Waals surface area contributed by atoms with Gasteiger partial charge in [0, 0.05) is 12.8 Å². The van der Waals surface area contributed by atoms with Crippen LogP contribution in [0.25, 0.3) is 0 Å². The van der Waals surface area contributed by atoms with E-state index in [0.29, 0.717) is 17.4 Å². The predicted molar refractivity (Wildman–Crippen MR) is 231 cm³/mol. The Hall–Kier alpha value is -1.25. The maximum Gasteiger partial charge on any atom is 0.306 e. The Morgan fingerprint density at radius 3 is 1.32 bits per heavy atom. The van der Waals surface area contributed by atoms with Crippen LogP contribution in [-0.2, 0) is 32.7 Å². The van der Waals surface area contributed by atoms with E-state index >= 15 is 0 Å². The van der Waals surface area contributed by atoms with Gasteiger partial charge in [-0.1, -0.05) is 180 Å². The molecule has 332 valence electrons. The number of phosphoric acid groups is 1. The number of nitrogens with zero attached hydrogens (tertiary/aromatic N) is 1. The number of unbranched alkanes of at least 4 members (excludes halogenated alkanes) is 27. The molecule has 0 spiro atoms. The van der Waals surface area contributed by atoms with Gasteiger partial charge in [0.2, 0.25) is 0 Å². The molecule has 0 bridgehead atoms. The number of carbonyl (C=O) groups is 2. The van der Waals surface area contributed by atoms with Crippen molar-refractivity contribution in [1.29, 1.82) is 0 Å². The lowest BCUT2D eigenvalue weighted by Crippen LogP contribution is -2.37.